The summed E-state index contributed by atoms with van der Waals surface area (Å²) >= 11 is 5.21. The molecular formula is C18H20BrNOS. The van der Waals surface area contributed by atoms with Crippen LogP contribution in [0.25, 0.3) is 0 Å². The molecule has 2 aromatic rings. The number of carbonyl (C=O) groups is 1. The van der Waals surface area contributed by atoms with Gasteiger partial charge in [-0.15, -0.1) is 11.8 Å². The Morgan fingerprint density at radius 2 is 1.77 bits per heavy atom. The number of thioether (sulfide) groups is 1. The van der Waals surface area contributed by atoms with E-state index >= 15 is 0 Å². The molecule has 0 saturated heterocycles. The zero-order valence-corrected chi connectivity index (χ0v) is 15.2. The number of hydrogen-bond donors (Lipinski definition) is 0. The Balaban J connectivity index is 1.88. The van der Waals surface area contributed by atoms with Gasteiger partial charge >= 0.3 is 0 Å². The van der Waals surface area contributed by atoms with Crippen molar-refractivity contribution in [2.75, 3.05) is 7.05 Å². The van der Waals surface area contributed by atoms with Crippen molar-refractivity contribution in [3.8, 4) is 0 Å². The van der Waals surface area contributed by atoms with Crippen LogP contribution in [-0.4, -0.2) is 23.1 Å². The molecule has 2 nitrogen and oxygen atoms in total. The summed E-state index contributed by atoms with van der Waals surface area (Å²) in [4.78, 5) is 14.3. The van der Waals surface area contributed by atoms with Gasteiger partial charge in [0.1, 0.15) is 0 Å². The van der Waals surface area contributed by atoms with Crippen LogP contribution in [0.5, 0.6) is 0 Å². The van der Waals surface area contributed by atoms with E-state index in [0.717, 1.165) is 15.8 Å². The summed E-state index contributed by atoms with van der Waals surface area (Å²) in [6, 6.07) is 18.3. The first-order valence-electron chi connectivity index (χ1n) is 7.22. The Labute approximate surface area is 145 Å². The fourth-order valence-corrected chi connectivity index (χ4v) is 3.50. The fraction of sp³-hybridized carbons (Fsp3) is 0.278. The molecule has 0 radical (unpaired) electrons. The third kappa shape index (κ3) is 4.89. The topological polar surface area (TPSA) is 20.3 Å². The zero-order chi connectivity index (χ0) is 15.9. The van der Waals surface area contributed by atoms with E-state index in [1.807, 2.05) is 56.4 Å². The van der Waals surface area contributed by atoms with Crippen LogP contribution in [0, 0.1) is 0 Å². The van der Waals surface area contributed by atoms with E-state index in [9.17, 15) is 4.79 Å². The lowest BCUT2D eigenvalue weighted by molar-refractivity contribution is -0.129. The number of nitrogens with zero attached hydrogens (tertiary/aromatic N) is 1. The van der Waals surface area contributed by atoms with Crippen molar-refractivity contribution >= 4 is 33.6 Å². The molecule has 22 heavy (non-hydrogen) atoms. The normalized spacial score (nSPS) is 12.0. The predicted octanol–water partition coefficient (Wildman–Crippen LogP) is 4.73. The van der Waals surface area contributed by atoms with Crippen molar-refractivity contribution in [2.45, 2.75) is 24.5 Å². The molecule has 2 rings (SSSR count). The van der Waals surface area contributed by atoms with Gasteiger partial charge in [-0.3, -0.25) is 4.79 Å². The predicted molar refractivity (Wildman–Crippen MR) is 97.8 cm³/mol. The van der Waals surface area contributed by atoms with Crippen LogP contribution in [0.15, 0.2) is 59.1 Å². The highest BCUT2D eigenvalue weighted by molar-refractivity contribution is 9.10. The summed E-state index contributed by atoms with van der Waals surface area (Å²) in [6.45, 7) is 2.60. The van der Waals surface area contributed by atoms with Gasteiger partial charge in [-0.05, 0) is 24.1 Å². The molecular weight excluding hydrogens is 358 g/mol. The first-order valence-corrected chi connectivity index (χ1v) is 9.06. The van der Waals surface area contributed by atoms with E-state index in [-0.39, 0.29) is 11.2 Å². The lowest BCUT2D eigenvalue weighted by Gasteiger charge is -2.22. The van der Waals surface area contributed by atoms with E-state index in [2.05, 4.69) is 28.1 Å². The summed E-state index contributed by atoms with van der Waals surface area (Å²) in [5.74, 6) is 1.02. The van der Waals surface area contributed by atoms with Crippen molar-refractivity contribution < 1.29 is 4.79 Å². The van der Waals surface area contributed by atoms with Gasteiger partial charge in [-0.1, -0.05) is 64.5 Å². The Morgan fingerprint density at radius 3 is 2.45 bits per heavy atom. The van der Waals surface area contributed by atoms with Crippen LogP contribution in [0.2, 0.25) is 0 Å². The Kier molecular flexibility index (Phi) is 6.52. The summed E-state index contributed by atoms with van der Waals surface area (Å²) in [6.07, 6.45) is 0. The second-order valence-electron chi connectivity index (χ2n) is 5.22. The maximum absolute atomic E-state index is 12.5. The molecule has 1 amide bonds. The third-order valence-electron chi connectivity index (χ3n) is 3.43. The second-order valence-corrected chi connectivity index (χ2v) is 7.41. The van der Waals surface area contributed by atoms with Crippen LogP contribution < -0.4 is 0 Å². The molecule has 0 aliphatic rings. The summed E-state index contributed by atoms with van der Waals surface area (Å²) in [7, 11) is 1.86. The van der Waals surface area contributed by atoms with Crippen molar-refractivity contribution in [3.63, 3.8) is 0 Å². The average molecular weight is 378 g/mol. The molecule has 0 spiro atoms. The molecule has 0 heterocycles. The molecule has 0 saturated carbocycles. The number of amides is 1. The van der Waals surface area contributed by atoms with Crippen molar-refractivity contribution in [3.05, 3.63) is 70.2 Å². The number of halogens is 1. The highest BCUT2D eigenvalue weighted by atomic mass is 79.9. The van der Waals surface area contributed by atoms with E-state index < -0.39 is 0 Å². The molecule has 0 bridgehead atoms. The maximum atomic E-state index is 12.5. The van der Waals surface area contributed by atoms with Gasteiger partial charge in [0.25, 0.3) is 0 Å². The van der Waals surface area contributed by atoms with Crippen LogP contribution in [0.3, 0.4) is 0 Å². The van der Waals surface area contributed by atoms with Gasteiger partial charge < -0.3 is 4.90 Å². The summed E-state index contributed by atoms with van der Waals surface area (Å²) in [5.41, 5.74) is 2.37. The van der Waals surface area contributed by atoms with Gasteiger partial charge in [0, 0.05) is 23.8 Å². The van der Waals surface area contributed by atoms with E-state index in [0.29, 0.717) is 6.54 Å². The van der Waals surface area contributed by atoms with Crippen LogP contribution in [0.4, 0.5) is 0 Å². The fourth-order valence-electron chi connectivity index (χ4n) is 2.14. The minimum atomic E-state index is -0.0484. The molecule has 0 aliphatic heterocycles. The molecule has 1 unspecified atom stereocenters. The molecule has 116 valence electrons. The van der Waals surface area contributed by atoms with Crippen molar-refractivity contribution in [1.82, 2.24) is 4.90 Å². The minimum Gasteiger partial charge on any atom is -0.340 e. The van der Waals surface area contributed by atoms with Gasteiger partial charge in [-0.2, -0.15) is 0 Å². The molecule has 2 aromatic carbocycles. The van der Waals surface area contributed by atoms with E-state index in [1.54, 1.807) is 16.7 Å². The first kappa shape index (κ1) is 17.1. The molecule has 4 heteroatoms. The van der Waals surface area contributed by atoms with Crippen molar-refractivity contribution in [1.29, 1.82) is 0 Å². The summed E-state index contributed by atoms with van der Waals surface area (Å²) in [5, 5.41) is -0.0484. The van der Waals surface area contributed by atoms with E-state index in [4.69, 9.17) is 0 Å². The van der Waals surface area contributed by atoms with Gasteiger partial charge in [-0.25, -0.2) is 0 Å². The van der Waals surface area contributed by atoms with Crippen LogP contribution in [0.1, 0.15) is 18.1 Å². The lowest BCUT2D eigenvalue weighted by Crippen LogP contribution is -2.33. The minimum absolute atomic E-state index is 0.0484. The Morgan fingerprint density at radius 1 is 1.14 bits per heavy atom. The first-order chi connectivity index (χ1) is 10.6. The van der Waals surface area contributed by atoms with Gasteiger partial charge in [0.15, 0.2) is 0 Å². The standard InChI is InChI=1S/C18H20BrNOS/c1-14(22-13-15-8-4-3-5-9-15)18(21)20(2)12-16-10-6-7-11-17(16)19/h3-11,14H,12-13H2,1-2H3. The quantitative estimate of drug-likeness (QED) is 0.724. The Bertz CT molecular complexity index is 617. The SMILES string of the molecule is CC(SCc1ccccc1)C(=O)N(C)Cc1ccccc1Br. The van der Waals surface area contributed by atoms with Crippen LogP contribution >= 0.6 is 27.7 Å². The maximum Gasteiger partial charge on any atom is 0.235 e. The highest BCUT2D eigenvalue weighted by Gasteiger charge is 2.18. The van der Waals surface area contributed by atoms with Crippen molar-refractivity contribution in [2.24, 2.45) is 0 Å². The number of carbonyl (C=O) groups excluding carboxylic acids is 1. The number of hydrogen-bond acceptors (Lipinski definition) is 2. The molecule has 1 atom stereocenters. The average Bonchev–Trinajstić information content (AvgIpc) is 2.55. The zero-order valence-electron chi connectivity index (χ0n) is 12.8. The second kappa shape index (κ2) is 8.39. The molecule has 0 aromatic heterocycles. The Hall–Kier alpha value is -1.26. The highest BCUT2D eigenvalue weighted by Crippen LogP contribution is 2.21. The van der Waals surface area contributed by atoms with E-state index in [1.165, 1.54) is 5.56 Å². The summed E-state index contributed by atoms with van der Waals surface area (Å²) < 4.78 is 1.04. The molecule has 0 fully saturated rings. The molecule has 0 N–H and O–H groups in total. The smallest absolute Gasteiger partial charge is 0.235 e. The van der Waals surface area contributed by atoms with Crippen LogP contribution in [-0.2, 0) is 17.1 Å². The van der Waals surface area contributed by atoms with Gasteiger partial charge in [0.05, 0.1) is 5.25 Å². The number of benzene rings is 2. The van der Waals surface area contributed by atoms with Gasteiger partial charge in [0.2, 0.25) is 5.91 Å². The largest absolute Gasteiger partial charge is 0.340 e. The number of rotatable bonds is 6. The third-order valence-corrected chi connectivity index (χ3v) is 5.41. The monoisotopic (exact) mass is 377 g/mol. The molecule has 0 aliphatic carbocycles. The lowest BCUT2D eigenvalue weighted by atomic mass is 10.2.